The van der Waals surface area contributed by atoms with Crippen LogP contribution in [0.2, 0.25) is 0 Å². The minimum absolute atomic E-state index is 0.564. The van der Waals surface area contributed by atoms with E-state index in [1.165, 1.54) is 12.0 Å². The van der Waals surface area contributed by atoms with Crippen LogP contribution in [-0.2, 0) is 29.0 Å². The minimum Gasteiger partial charge on any atom is -0.492 e. The first-order valence-electron chi connectivity index (χ1n) is 13.8. The highest BCUT2D eigenvalue weighted by molar-refractivity contribution is 5.51. The fourth-order valence-electron chi connectivity index (χ4n) is 5.31. The Hall–Kier alpha value is -3.20. The van der Waals surface area contributed by atoms with Crippen LogP contribution in [0.5, 0.6) is 5.75 Å². The quantitative estimate of drug-likeness (QED) is 0.395. The molecule has 1 saturated carbocycles. The second kappa shape index (κ2) is 12.1. The summed E-state index contributed by atoms with van der Waals surface area (Å²) in [6.45, 7) is 7.97. The summed E-state index contributed by atoms with van der Waals surface area (Å²) in [6.07, 6.45) is 2.03. The number of ether oxygens (including phenoxy) is 3. The largest absolute Gasteiger partial charge is 0.492 e. The number of benzene rings is 2. The van der Waals surface area contributed by atoms with Crippen molar-refractivity contribution < 1.29 is 14.2 Å². The predicted molar refractivity (Wildman–Crippen MR) is 148 cm³/mol. The molecule has 1 aromatic heterocycles. The summed E-state index contributed by atoms with van der Waals surface area (Å²) >= 11 is 0. The molecule has 1 saturated heterocycles. The van der Waals surface area contributed by atoms with Crippen molar-refractivity contribution in [2.24, 2.45) is 5.92 Å². The smallest absolute Gasteiger partial charge is 0.225 e. The second-order valence-corrected chi connectivity index (χ2v) is 10.3. The summed E-state index contributed by atoms with van der Waals surface area (Å²) in [5.74, 6) is 3.72. The van der Waals surface area contributed by atoms with E-state index in [0.717, 1.165) is 74.2 Å². The lowest BCUT2D eigenvalue weighted by Crippen LogP contribution is -2.38. The standard InChI is InChI=1S/C30H37N5O3/c1-2-6-23(7-3-1)26-18-24(26)20-31-29-27-21-37-13-9-28(27)33-30(34-29)32-19-22-5-4-8-25(17-22)38-16-12-35-10-14-36-15-11-35/h1-8,17,24,26H,9-16,18-21H2,(H2,31,32,33,34)/t24-,26-/m0/s1. The number of fused-ring (bicyclic) bond motifs is 1. The number of hydrogen-bond donors (Lipinski definition) is 2. The van der Waals surface area contributed by atoms with Gasteiger partial charge in [0.1, 0.15) is 18.2 Å². The third-order valence-electron chi connectivity index (χ3n) is 7.63. The van der Waals surface area contributed by atoms with Crippen molar-refractivity contribution in [2.45, 2.75) is 31.9 Å². The van der Waals surface area contributed by atoms with Crippen LogP contribution in [0.15, 0.2) is 54.6 Å². The highest BCUT2D eigenvalue weighted by Gasteiger charge is 2.38. The van der Waals surface area contributed by atoms with Crippen LogP contribution >= 0.6 is 0 Å². The Morgan fingerprint density at radius 1 is 0.947 bits per heavy atom. The Morgan fingerprint density at radius 2 is 1.84 bits per heavy atom. The summed E-state index contributed by atoms with van der Waals surface area (Å²) < 4.78 is 17.2. The van der Waals surface area contributed by atoms with Gasteiger partial charge in [-0.15, -0.1) is 0 Å². The molecule has 0 bridgehead atoms. The molecule has 0 radical (unpaired) electrons. The van der Waals surface area contributed by atoms with Crippen molar-refractivity contribution in [3.63, 3.8) is 0 Å². The third-order valence-corrected chi connectivity index (χ3v) is 7.63. The fourth-order valence-corrected chi connectivity index (χ4v) is 5.31. The van der Waals surface area contributed by atoms with Crippen LogP contribution in [0.4, 0.5) is 11.8 Å². The van der Waals surface area contributed by atoms with Crippen molar-refractivity contribution >= 4 is 11.8 Å². The molecule has 0 unspecified atom stereocenters. The summed E-state index contributed by atoms with van der Waals surface area (Å²) in [4.78, 5) is 12.1. The van der Waals surface area contributed by atoms with Crippen LogP contribution in [0.1, 0.15) is 34.7 Å². The molecule has 2 fully saturated rings. The van der Waals surface area contributed by atoms with Crippen molar-refractivity contribution in [1.29, 1.82) is 0 Å². The number of morpholine rings is 1. The van der Waals surface area contributed by atoms with E-state index in [2.05, 4.69) is 58.0 Å². The first kappa shape index (κ1) is 25.1. The highest BCUT2D eigenvalue weighted by Crippen LogP contribution is 2.47. The summed E-state index contributed by atoms with van der Waals surface area (Å²) in [5.41, 5.74) is 4.74. The lowest BCUT2D eigenvalue weighted by Gasteiger charge is -2.26. The Bertz CT molecular complexity index is 1200. The minimum atomic E-state index is 0.564. The zero-order chi connectivity index (χ0) is 25.6. The Morgan fingerprint density at radius 3 is 2.74 bits per heavy atom. The first-order chi connectivity index (χ1) is 18.8. The molecule has 38 heavy (non-hydrogen) atoms. The van der Waals surface area contributed by atoms with Gasteiger partial charge < -0.3 is 24.8 Å². The summed E-state index contributed by atoms with van der Waals surface area (Å²) in [5, 5.41) is 7.07. The highest BCUT2D eigenvalue weighted by atomic mass is 16.5. The van der Waals surface area contributed by atoms with Crippen LogP contribution in [0.3, 0.4) is 0 Å². The van der Waals surface area contributed by atoms with Crippen molar-refractivity contribution in [2.75, 3.05) is 63.2 Å². The molecule has 0 spiro atoms. The van der Waals surface area contributed by atoms with E-state index < -0.39 is 0 Å². The van der Waals surface area contributed by atoms with Crippen LogP contribution < -0.4 is 15.4 Å². The van der Waals surface area contributed by atoms with Gasteiger partial charge in [0.2, 0.25) is 5.95 Å². The molecule has 2 aliphatic heterocycles. The number of aromatic nitrogens is 2. The van der Waals surface area contributed by atoms with Gasteiger partial charge in [-0.3, -0.25) is 4.90 Å². The molecule has 8 heteroatoms. The Kier molecular flexibility index (Phi) is 8.00. The average Bonchev–Trinajstić information content (AvgIpc) is 3.76. The maximum Gasteiger partial charge on any atom is 0.225 e. The molecular weight excluding hydrogens is 478 g/mol. The van der Waals surface area contributed by atoms with Gasteiger partial charge in [-0.25, -0.2) is 4.98 Å². The van der Waals surface area contributed by atoms with Gasteiger partial charge in [0.25, 0.3) is 0 Å². The van der Waals surface area contributed by atoms with E-state index >= 15 is 0 Å². The second-order valence-electron chi connectivity index (χ2n) is 10.3. The van der Waals surface area contributed by atoms with Gasteiger partial charge in [0.15, 0.2) is 0 Å². The topological polar surface area (TPSA) is 80.8 Å². The Balaban J connectivity index is 1.05. The molecule has 200 valence electrons. The van der Waals surface area contributed by atoms with Gasteiger partial charge in [-0.2, -0.15) is 4.98 Å². The number of nitrogens with zero attached hydrogens (tertiary/aromatic N) is 3. The Labute approximate surface area is 224 Å². The molecule has 8 nitrogen and oxygen atoms in total. The normalized spacial score (nSPS) is 20.9. The lowest BCUT2D eigenvalue weighted by atomic mass is 10.1. The fraction of sp³-hybridized carbons (Fsp3) is 0.467. The summed E-state index contributed by atoms with van der Waals surface area (Å²) in [6, 6.07) is 19.0. The van der Waals surface area contributed by atoms with E-state index in [9.17, 15) is 0 Å². The van der Waals surface area contributed by atoms with Gasteiger partial charge in [0.05, 0.1) is 32.1 Å². The maximum absolute atomic E-state index is 6.03. The van der Waals surface area contributed by atoms with Crippen LogP contribution in [-0.4, -0.2) is 67.5 Å². The van der Waals surface area contributed by atoms with Crippen molar-refractivity contribution in [3.8, 4) is 5.75 Å². The molecule has 3 heterocycles. The third kappa shape index (κ3) is 6.43. The maximum atomic E-state index is 6.03. The van der Waals surface area contributed by atoms with Crippen LogP contribution in [0.25, 0.3) is 0 Å². The van der Waals surface area contributed by atoms with E-state index in [4.69, 9.17) is 24.2 Å². The molecule has 3 aromatic rings. The zero-order valence-electron chi connectivity index (χ0n) is 21.9. The van der Waals surface area contributed by atoms with E-state index in [-0.39, 0.29) is 0 Å². The molecule has 1 aliphatic carbocycles. The SMILES string of the molecule is c1ccc([C@@H]2C[C@H]2CNc2nc(NCc3cccc(OCCN4CCOCC4)c3)nc3c2COCC3)cc1. The zero-order valence-corrected chi connectivity index (χ0v) is 21.9. The molecule has 2 aromatic carbocycles. The van der Waals surface area contributed by atoms with Gasteiger partial charge in [-0.05, 0) is 41.5 Å². The van der Waals surface area contributed by atoms with Crippen molar-refractivity contribution in [3.05, 3.63) is 77.0 Å². The number of hydrogen-bond acceptors (Lipinski definition) is 8. The molecule has 6 rings (SSSR count). The van der Waals surface area contributed by atoms with Gasteiger partial charge in [0, 0.05) is 44.7 Å². The van der Waals surface area contributed by atoms with Gasteiger partial charge in [-0.1, -0.05) is 42.5 Å². The lowest BCUT2D eigenvalue weighted by molar-refractivity contribution is 0.0322. The van der Waals surface area contributed by atoms with Crippen LogP contribution in [0, 0.1) is 5.92 Å². The summed E-state index contributed by atoms with van der Waals surface area (Å²) in [7, 11) is 0. The number of rotatable bonds is 11. The molecule has 2 N–H and O–H groups in total. The first-order valence-corrected chi connectivity index (χ1v) is 13.8. The molecule has 2 atom stereocenters. The number of nitrogens with one attached hydrogen (secondary N) is 2. The monoisotopic (exact) mass is 515 g/mol. The van der Waals surface area contributed by atoms with Gasteiger partial charge >= 0.3 is 0 Å². The number of anilines is 2. The predicted octanol–water partition coefficient (Wildman–Crippen LogP) is 4.09. The average molecular weight is 516 g/mol. The van der Waals surface area contributed by atoms with E-state index in [1.807, 2.05) is 12.1 Å². The van der Waals surface area contributed by atoms with E-state index in [0.29, 0.717) is 44.1 Å². The molecule has 0 amide bonds. The van der Waals surface area contributed by atoms with Crippen molar-refractivity contribution in [1.82, 2.24) is 14.9 Å². The molecular formula is C30H37N5O3. The molecule has 3 aliphatic rings. The van der Waals surface area contributed by atoms with E-state index in [1.54, 1.807) is 0 Å².